The van der Waals surface area contributed by atoms with Crippen LogP contribution in [0.4, 0.5) is 5.95 Å². The molecule has 0 bridgehead atoms. The first kappa shape index (κ1) is 11.5. The molecule has 1 aromatic heterocycles. The predicted molar refractivity (Wildman–Crippen MR) is 72.4 cm³/mol. The number of hydrogen-bond donors (Lipinski definition) is 1. The van der Waals surface area contributed by atoms with E-state index in [1.807, 2.05) is 18.2 Å². The molecular weight excluding hydrogens is 226 g/mol. The van der Waals surface area contributed by atoms with Crippen LogP contribution < -0.4 is 5.73 Å². The maximum atomic E-state index is 6.08. The molecule has 0 amide bonds. The largest absolute Gasteiger partial charge is 0.381 e. The Balaban J connectivity index is 1.99. The van der Waals surface area contributed by atoms with E-state index in [2.05, 4.69) is 22.5 Å². The highest BCUT2D eigenvalue weighted by Crippen LogP contribution is 2.32. The van der Waals surface area contributed by atoms with Crippen LogP contribution in [-0.4, -0.2) is 22.8 Å². The number of para-hydroxylation sites is 2. The third kappa shape index (κ3) is 1.86. The molecule has 2 aromatic rings. The fourth-order valence-electron chi connectivity index (χ4n) is 2.90. The van der Waals surface area contributed by atoms with Gasteiger partial charge in [0.25, 0.3) is 0 Å². The average Bonchev–Trinajstić information content (AvgIpc) is 2.75. The van der Waals surface area contributed by atoms with Crippen molar-refractivity contribution in [1.82, 2.24) is 9.55 Å². The Morgan fingerprint density at radius 2 is 2.06 bits per heavy atom. The highest BCUT2D eigenvalue weighted by molar-refractivity contribution is 5.78. The zero-order valence-electron chi connectivity index (χ0n) is 10.7. The van der Waals surface area contributed by atoms with Crippen molar-refractivity contribution in [2.24, 2.45) is 5.92 Å². The number of anilines is 1. The Hall–Kier alpha value is -1.55. The molecule has 0 radical (unpaired) electrons. The summed E-state index contributed by atoms with van der Waals surface area (Å²) >= 11 is 0. The van der Waals surface area contributed by atoms with E-state index < -0.39 is 0 Å². The lowest BCUT2D eigenvalue weighted by Crippen LogP contribution is -2.24. The van der Waals surface area contributed by atoms with Gasteiger partial charge in [-0.3, -0.25) is 0 Å². The molecule has 1 aromatic carbocycles. The second-order valence-corrected chi connectivity index (χ2v) is 5.02. The van der Waals surface area contributed by atoms with Gasteiger partial charge in [-0.05, 0) is 37.8 Å². The predicted octanol–water partition coefficient (Wildman–Crippen LogP) is 2.61. The molecule has 4 heteroatoms. The van der Waals surface area contributed by atoms with Gasteiger partial charge in [0.2, 0.25) is 5.95 Å². The molecule has 4 nitrogen and oxygen atoms in total. The van der Waals surface area contributed by atoms with Crippen LogP contribution in [0.5, 0.6) is 0 Å². The minimum absolute atomic E-state index is 0.376. The number of benzene rings is 1. The van der Waals surface area contributed by atoms with Crippen LogP contribution in [0.1, 0.15) is 25.8 Å². The van der Waals surface area contributed by atoms with Gasteiger partial charge in [-0.25, -0.2) is 4.98 Å². The van der Waals surface area contributed by atoms with Crippen molar-refractivity contribution in [2.75, 3.05) is 18.9 Å². The Kier molecular flexibility index (Phi) is 2.96. The van der Waals surface area contributed by atoms with Gasteiger partial charge in [0, 0.05) is 19.3 Å². The van der Waals surface area contributed by atoms with Crippen molar-refractivity contribution in [3.05, 3.63) is 24.3 Å². The SMILES string of the molecule is CC(C1CCOCC1)n1c(N)nc2ccccc21. The molecule has 96 valence electrons. The summed E-state index contributed by atoms with van der Waals surface area (Å²) in [6.45, 7) is 3.96. The number of rotatable bonds is 2. The summed E-state index contributed by atoms with van der Waals surface area (Å²) in [7, 11) is 0. The van der Waals surface area contributed by atoms with E-state index in [0.717, 1.165) is 37.1 Å². The van der Waals surface area contributed by atoms with E-state index in [9.17, 15) is 0 Å². The van der Waals surface area contributed by atoms with Crippen molar-refractivity contribution < 1.29 is 4.74 Å². The van der Waals surface area contributed by atoms with Gasteiger partial charge < -0.3 is 15.0 Å². The molecule has 1 fully saturated rings. The van der Waals surface area contributed by atoms with E-state index in [0.29, 0.717) is 17.9 Å². The maximum Gasteiger partial charge on any atom is 0.201 e. The molecule has 3 rings (SSSR count). The van der Waals surface area contributed by atoms with Crippen molar-refractivity contribution in [3.8, 4) is 0 Å². The van der Waals surface area contributed by atoms with E-state index in [4.69, 9.17) is 10.5 Å². The fraction of sp³-hybridized carbons (Fsp3) is 0.500. The van der Waals surface area contributed by atoms with E-state index >= 15 is 0 Å². The lowest BCUT2D eigenvalue weighted by Gasteiger charge is -2.29. The van der Waals surface area contributed by atoms with Crippen molar-refractivity contribution in [2.45, 2.75) is 25.8 Å². The van der Waals surface area contributed by atoms with Gasteiger partial charge >= 0.3 is 0 Å². The standard InChI is InChI=1S/C14H19N3O/c1-10(11-6-8-18-9-7-11)17-13-5-3-2-4-12(13)16-14(17)15/h2-5,10-11H,6-9H2,1H3,(H2,15,16). The number of nitrogens with zero attached hydrogens (tertiary/aromatic N) is 2. The number of nitrogens with two attached hydrogens (primary N) is 1. The van der Waals surface area contributed by atoms with E-state index in [1.165, 1.54) is 0 Å². The summed E-state index contributed by atoms with van der Waals surface area (Å²) in [5.74, 6) is 1.24. The molecule has 1 unspecified atom stereocenters. The maximum absolute atomic E-state index is 6.08. The quantitative estimate of drug-likeness (QED) is 0.884. The smallest absolute Gasteiger partial charge is 0.201 e. The Labute approximate surface area is 107 Å². The van der Waals surface area contributed by atoms with Crippen molar-refractivity contribution >= 4 is 17.0 Å². The monoisotopic (exact) mass is 245 g/mol. The number of hydrogen-bond acceptors (Lipinski definition) is 3. The molecule has 0 saturated carbocycles. The second-order valence-electron chi connectivity index (χ2n) is 5.02. The number of ether oxygens (including phenoxy) is 1. The summed E-state index contributed by atoms with van der Waals surface area (Å²) < 4.78 is 7.60. The van der Waals surface area contributed by atoms with Gasteiger partial charge in [-0.15, -0.1) is 0 Å². The van der Waals surface area contributed by atoms with Gasteiger partial charge in [-0.2, -0.15) is 0 Å². The number of nitrogen functional groups attached to an aromatic ring is 1. The lowest BCUT2D eigenvalue weighted by molar-refractivity contribution is 0.0521. The molecular formula is C14H19N3O. The van der Waals surface area contributed by atoms with Crippen LogP contribution in [0.25, 0.3) is 11.0 Å². The Morgan fingerprint density at radius 1 is 1.33 bits per heavy atom. The minimum atomic E-state index is 0.376. The van der Waals surface area contributed by atoms with Crippen molar-refractivity contribution in [3.63, 3.8) is 0 Å². The molecule has 0 aliphatic carbocycles. The first-order chi connectivity index (χ1) is 8.77. The summed E-state index contributed by atoms with van der Waals surface area (Å²) in [6.07, 6.45) is 2.21. The van der Waals surface area contributed by atoms with E-state index in [-0.39, 0.29) is 0 Å². The normalized spacial score (nSPS) is 19.2. The van der Waals surface area contributed by atoms with Crippen LogP contribution >= 0.6 is 0 Å². The Morgan fingerprint density at radius 3 is 2.83 bits per heavy atom. The molecule has 1 saturated heterocycles. The minimum Gasteiger partial charge on any atom is -0.381 e. The first-order valence-electron chi connectivity index (χ1n) is 6.57. The van der Waals surface area contributed by atoms with Gasteiger partial charge in [-0.1, -0.05) is 12.1 Å². The fourth-order valence-corrected chi connectivity index (χ4v) is 2.90. The van der Waals surface area contributed by atoms with Gasteiger partial charge in [0.05, 0.1) is 11.0 Å². The number of imidazole rings is 1. The molecule has 1 atom stereocenters. The molecule has 1 aliphatic rings. The third-order valence-corrected chi connectivity index (χ3v) is 3.98. The topological polar surface area (TPSA) is 53.1 Å². The number of aromatic nitrogens is 2. The zero-order chi connectivity index (χ0) is 12.5. The van der Waals surface area contributed by atoms with Crippen molar-refractivity contribution in [1.29, 1.82) is 0 Å². The highest BCUT2D eigenvalue weighted by atomic mass is 16.5. The van der Waals surface area contributed by atoms with Crippen LogP contribution in [0.3, 0.4) is 0 Å². The molecule has 0 spiro atoms. The van der Waals surface area contributed by atoms with Crippen LogP contribution in [0.15, 0.2) is 24.3 Å². The van der Waals surface area contributed by atoms with Gasteiger partial charge in [0.1, 0.15) is 0 Å². The Bertz CT molecular complexity index is 543. The average molecular weight is 245 g/mol. The van der Waals surface area contributed by atoms with Crippen LogP contribution in [-0.2, 0) is 4.74 Å². The summed E-state index contributed by atoms with van der Waals surface area (Å²) in [4.78, 5) is 4.44. The molecule has 2 N–H and O–H groups in total. The first-order valence-corrected chi connectivity index (χ1v) is 6.57. The molecule has 18 heavy (non-hydrogen) atoms. The molecule has 1 aliphatic heterocycles. The van der Waals surface area contributed by atoms with Crippen LogP contribution in [0.2, 0.25) is 0 Å². The lowest BCUT2D eigenvalue weighted by atomic mass is 9.92. The third-order valence-electron chi connectivity index (χ3n) is 3.98. The molecule has 2 heterocycles. The summed E-state index contributed by atoms with van der Waals surface area (Å²) in [5.41, 5.74) is 8.20. The van der Waals surface area contributed by atoms with Crippen LogP contribution in [0, 0.1) is 5.92 Å². The van der Waals surface area contributed by atoms with Gasteiger partial charge in [0.15, 0.2) is 0 Å². The summed E-state index contributed by atoms with van der Waals surface area (Å²) in [5, 5.41) is 0. The number of fused-ring (bicyclic) bond motifs is 1. The summed E-state index contributed by atoms with van der Waals surface area (Å²) in [6, 6.07) is 8.52. The highest BCUT2D eigenvalue weighted by Gasteiger charge is 2.24. The van der Waals surface area contributed by atoms with E-state index in [1.54, 1.807) is 0 Å². The second kappa shape index (κ2) is 4.61. The zero-order valence-corrected chi connectivity index (χ0v) is 10.7.